The molecule has 1 amide bonds. The van der Waals surface area contributed by atoms with Gasteiger partial charge in [-0.2, -0.15) is 0 Å². The molecule has 0 spiro atoms. The zero-order valence-electron chi connectivity index (χ0n) is 15.7. The molecule has 3 heteroatoms. The van der Waals surface area contributed by atoms with Crippen LogP contribution in [0, 0.1) is 0 Å². The largest absolute Gasteiger partial charge is 0.381 e. The van der Waals surface area contributed by atoms with Crippen LogP contribution in [0.1, 0.15) is 34.0 Å². The minimum atomic E-state index is -0.0262. The number of anilines is 1. The van der Waals surface area contributed by atoms with Crippen molar-refractivity contribution in [2.75, 3.05) is 11.9 Å². The first-order valence-corrected chi connectivity index (χ1v) is 9.49. The highest BCUT2D eigenvalue weighted by molar-refractivity contribution is 5.94. The second kappa shape index (κ2) is 9.58. The van der Waals surface area contributed by atoms with Crippen LogP contribution in [0.3, 0.4) is 0 Å². The Hall–Kier alpha value is -3.07. The second-order valence-corrected chi connectivity index (χ2v) is 6.56. The molecule has 3 rings (SSSR count). The molecule has 0 saturated carbocycles. The van der Waals surface area contributed by atoms with E-state index in [1.807, 2.05) is 48.5 Å². The van der Waals surface area contributed by atoms with Crippen LogP contribution in [0.2, 0.25) is 0 Å². The third-order valence-corrected chi connectivity index (χ3v) is 4.61. The van der Waals surface area contributed by atoms with Crippen LogP contribution in [0.15, 0.2) is 78.9 Å². The quantitative estimate of drug-likeness (QED) is 0.605. The average Bonchev–Trinajstić information content (AvgIpc) is 2.73. The summed E-state index contributed by atoms with van der Waals surface area (Å²) in [6, 6.07) is 26.3. The number of carbonyl (C=O) groups excluding carboxylic acids is 1. The zero-order valence-corrected chi connectivity index (χ0v) is 15.7. The van der Waals surface area contributed by atoms with Gasteiger partial charge in [0.1, 0.15) is 0 Å². The molecule has 0 bridgehead atoms. The molecule has 0 aliphatic rings. The van der Waals surface area contributed by atoms with Gasteiger partial charge in [-0.25, -0.2) is 0 Å². The van der Waals surface area contributed by atoms with Crippen LogP contribution in [0.25, 0.3) is 0 Å². The zero-order chi connectivity index (χ0) is 18.9. The van der Waals surface area contributed by atoms with Gasteiger partial charge in [-0.15, -0.1) is 0 Å². The van der Waals surface area contributed by atoms with E-state index in [0.29, 0.717) is 18.7 Å². The van der Waals surface area contributed by atoms with Gasteiger partial charge in [0.25, 0.3) is 5.91 Å². The summed E-state index contributed by atoms with van der Waals surface area (Å²) in [6.07, 6.45) is 1.83. The molecular formula is C24H26N2O. The summed E-state index contributed by atoms with van der Waals surface area (Å²) in [5.74, 6) is -0.0262. The maximum absolute atomic E-state index is 12.4. The van der Waals surface area contributed by atoms with Gasteiger partial charge in [0.15, 0.2) is 0 Å². The Bertz CT molecular complexity index is 874. The van der Waals surface area contributed by atoms with Crippen molar-refractivity contribution >= 4 is 11.6 Å². The Balaban J connectivity index is 1.55. The fourth-order valence-electron chi connectivity index (χ4n) is 3.09. The van der Waals surface area contributed by atoms with Gasteiger partial charge in [-0.1, -0.05) is 67.6 Å². The van der Waals surface area contributed by atoms with Crippen molar-refractivity contribution in [3.8, 4) is 0 Å². The van der Waals surface area contributed by atoms with E-state index in [9.17, 15) is 4.79 Å². The van der Waals surface area contributed by atoms with E-state index in [0.717, 1.165) is 24.1 Å². The molecule has 138 valence electrons. The molecule has 0 radical (unpaired) electrons. The van der Waals surface area contributed by atoms with Gasteiger partial charge >= 0.3 is 0 Å². The normalized spacial score (nSPS) is 10.4. The fraction of sp³-hybridized carbons (Fsp3) is 0.208. The summed E-state index contributed by atoms with van der Waals surface area (Å²) in [4.78, 5) is 12.4. The molecule has 3 aromatic rings. The van der Waals surface area contributed by atoms with Gasteiger partial charge < -0.3 is 10.6 Å². The van der Waals surface area contributed by atoms with E-state index >= 15 is 0 Å². The number of hydrogen-bond donors (Lipinski definition) is 2. The van der Waals surface area contributed by atoms with Crippen LogP contribution < -0.4 is 10.6 Å². The second-order valence-electron chi connectivity index (χ2n) is 6.56. The number of amides is 1. The Morgan fingerprint density at radius 3 is 2.41 bits per heavy atom. The predicted molar refractivity (Wildman–Crippen MR) is 112 cm³/mol. The number of carbonyl (C=O) groups is 1. The maximum atomic E-state index is 12.4. The van der Waals surface area contributed by atoms with E-state index in [2.05, 4.69) is 47.9 Å². The monoisotopic (exact) mass is 358 g/mol. The van der Waals surface area contributed by atoms with E-state index < -0.39 is 0 Å². The number of benzene rings is 3. The van der Waals surface area contributed by atoms with Crippen molar-refractivity contribution in [2.24, 2.45) is 0 Å². The molecule has 0 heterocycles. The third kappa shape index (κ3) is 5.45. The topological polar surface area (TPSA) is 41.1 Å². The summed E-state index contributed by atoms with van der Waals surface area (Å²) in [7, 11) is 0. The van der Waals surface area contributed by atoms with Crippen molar-refractivity contribution in [3.05, 3.63) is 101 Å². The molecule has 0 aromatic heterocycles. The van der Waals surface area contributed by atoms with Crippen LogP contribution >= 0.6 is 0 Å². The Kier molecular flexibility index (Phi) is 6.64. The lowest BCUT2D eigenvalue weighted by Gasteiger charge is -2.12. The number of rotatable bonds is 8. The van der Waals surface area contributed by atoms with Gasteiger partial charge in [-0.05, 0) is 47.7 Å². The summed E-state index contributed by atoms with van der Waals surface area (Å²) >= 11 is 0. The fourth-order valence-corrected chi connectivity index (χ4v) is 3.09. The summed E-state index contributed by atoms with van der Waals surface area (Å²) in [5, 5.41) is 6.49. The van der Waals surface area contributed by atoms with Crippen molar-refractivity contribution in [3.63, 3.8) is 0 Å². The molecular weight excluding hydrogens is 332 g/mol. The summed E-state index contributed by atoms with van der Waals surface area (Å²) in [6.45, 7) is 3.48. The summed E-state index contributed by atoms with van der Waals surface area (Å²) in [5.41, 5.74) is 5.47. The predicted octanol–water partition coefficient (Wildman–Crippen LogP) is 4.83. The molecule has 0 aliphatic heterocycles. The standard InChI is InChI=1S/C24H26N2O/c1-2-21-12-6-7-14-23(21)26-18-20-11-8-13-22(17-20)24(27)25-16-15-19-9-4-3-5-10-19/h3-14,17,26H,2,15-16,18H2,1H3,(H,25,27). The first kappa shape index (κ1) is 18.7. The Labute approximate surface area is 161 Å². The van der Waals surface area contributed by atoms with Crippen LogP contribution in [-0.4, -0.2) is 12.5 Å². The van der Waals surface area contributed by atoms with Crippen molar-refractivity contribution in [1.29, 1.82) is 0 Å². The lowest BCUT2D eigenvalue weighted by molar-refractivity contribution is 0.0954. The number of nitrogens with one attached hydrogen (secondary N) is 2. The average molecular weight is 358 g/mol. The Morgan fingerprint density at radius 2 is 1.59 bits per heavy atom. The molecule has 2 N–H and O–H groups in total. The molecule has 0 unspecified atom stereocenters. The summed E-state index contributed by atoms with van der Waals surface area (Å²) < 4.78 is 0. The number of para-hydroxylation sites is 1. The smallest absolute Gasteiger partial charge is 0.251 e. The first-order chi connectivity index (χ1) is 13.3. The highest BCUT2D eigenvalue weighted by atomic mass is 16.1. The molecule has 3 aromatic carbocycles. The molecule has 0 aliphatic carbocycles. The minimum Gasteiger partial charge on any atom is -0.381 e. The highest BCUT2D eigenvalue weighted by Gasteiger charge is 2.06. The number of aryl methyl sites for hydroxylation is 1. The van der Waals surface area contributed by atoms with Crippen LogP contribution in [0.4, 0.5) is 5.69 Å². The van der Waals surface area contributed by atoms with Gasteiger partial charge in [-0.3, -0.25) is 4.79 Å². The number of hydrogen-bond acceptors (Lipinski definition) is 2. The van der Waals surface area contributed by atoms with E-state index in [1.165, 1.54) is 11.1 Å². The van der Waals surface area contributed by atoms with Gasteiger partial charge in [0.05, 0.1) is 0 Å². The first-order valence-electron chi connectivity index (χ1n) is 9.49. The van der Waals surface area contributed by atoms with Crippen molar-refractivity contribution in [2.45, 2.75) is 26.3 Å². The third-order valence-electron chi connectivity index (χ3n) is 4.61. The van der Waals surface area contributed by atoms with Gasteiger partial charge in [0.2, 0.25) is 0 Å². The molecule has 27 heavy (non-hydrogen) atoms. The van der Waals surface area contributed by atoms with E-state index in [1.54, 1.807) is 0 Å². The van der Waals surface area contributed by atoms with E-state index in [-0.39, 0.29) is 5.91 Å². The van der Waals surface area contributed by atoms with Crippen molar-refractivity contribution < 1.29 is 4.79 Å². The lowest BCUT2D eigenvalue weighted by atomic mass is 10.1. The molecule has 0 atom stereocenters. The van der Waals surface area contributed by atoms with Crippen LogP contribution in [-0.2, 0) is 19.4 Å². The Morgan fingerprint density at radius 1 is 0.852 bits per heavy atom. The maximum Gasteiger partial charge on any atom is 0.251 e. The van der Waals surface area contributed by atoms with Gasteiger partial charge in [0, 0.05) is 24.3 Å². The minimum absolute atomic E-state index is 0.0262. The molecule has 0 fully saturated rings. The molecule has 3 nitrogen and oxygen atoms in total. The highest BCUT2D eigenvalue weighted by Crippen LogP contribution is 2.17. The molecule has 0 saturated heterocycles. The van der Waals surface area contributed by atoms with E-state index in [4.69, 9.17) is 0 Å². The van der Waals surface area contributed by atoms with Crippen molar-refractivity contribution in [1.82, 2.24) is 5.32 Å². The van der Waals surface area contributed by atoms with Crippen LogP contribution in [0.5, 0.6) is 0 Å². The SMILES string of the molecule is CCc1ccccc1NCc1cccc(C(=O)NCCc2ccccc2)c1. The lowest BCUT2D eigenvalue weighted by Crippen LogP contribution is -2.25.